The van der Waals surface area contributed by atoms with E-state index in [1.54, 1.807) is 12.1 Å². The van der Waals surface area contributed by atoms with Crippen LogP contribution in [0.25, 0.3) is 0 Å². The molecule has 0 fully saturated rings. The first-order chi connectivity index (χ1) is 8.80. The second-order valence-electron chi connectivity index (χ2n) is 3.73. The Morgan fingerprint density at radius 2 is 1.74 bits per heavy atom. The highest BCUT2D eigenvalue weighted by molar-refractivity contribution is 9.09. The van der Waals surface area contributed by atoms with Crippen molar-refractivity contribution in [1.29, 1.82) is 0 Å². The van der Waals surface area contributed by atoms with Gasteiger partial charge in [0.1, 0.15) is 0 Å². The number of rotatable bonds is 2. The van der Waals surface area contributed by atoms with Crippen molar-refractivity contribution in [1.82, 2.24) is 0 Å². The first-order valence-corrected chi connectivity index (χ1v) is 7.54. The van der Waals surface area contributed by atoms with Crippen molar-refractivity contribution in [2.24, 2.45) is 0 Å². The van der Waals surface area contributed by atoms with Crippen molar-refractivity contribution in [3.05, 3.63) is 55.7 Å². The average molecular weight is 390 g/mol. The summed E-state index contributed by atoms with van der Waals surface area (Å²) < 4.78 is 39.7. The lowest BCUT2D eigenvalue weighted by Crippen LogP contribution is -2.10. The molecule has 0 saturated heterocycles. The molecule has 2 rings (SSSR count). The van der Waals surface area contributed by atoms with Gasteiger partial charge < -0.3 is 0 Å². The lowest BCUT2D eigenvalue weighted by atomic mass is 10.0. The highest BCUT2D eigenvalue weighted by atomic mass is 79.9. The third-order valence-corrected chi connectivity index (χ3v) is 5.00. The summed E-state index contributed by atoms with van der Waals surface area (Å²) in [6, 6.07) is 6.95. The molecule has 1 unspecified atom stereocenters. The number of halogens is 6. The van der Waals surface area contributed by atoms with Gasteiger partial charge >= 0.3 is 6.18 Å². The Morgan fingerprint density at radius 1 is 1.11 bits per heavy atom. The van der Waals surface area contributed by atoms with Crippen molar-refractivity contribution in [3.8, 4) is 0 Å². The molecule has 1 atom stereocenters. The van der Waals surface area contributed by atoms with Crippen molar-refractivity contribution in [2.75, 3.05) is 0 Å². The minimum absolute atomic E-state index is 0.117. The minimum Gasteiger partial charge on any atom is -0.166 e. The van der Waals surface area contributed by atoms with Gasteiger partial charge in [0.25, 0.3) is 0 Å². The fourth-order valence-corrected chi connectivity index (χ4v) is 4.25. The van der Waals surface area contributed by atoms with E-state index >= 15 is 0 Å². The average Bonchev–Trinajstić information content (AvgIpc) is 2.66. The summed E-state index contributed by atoms with van der Waals surface area (Å²) in [5.74, 6) is 0. The van der Waals surface area contributed by atoms with E-state index in [4.69, 9.17) is 23.2 Å². The van der Waals surface area contributed by atoms with Gasteiger partial charge in [0.2, 0.25) is 0 Å². The maximum Gasteiger partial charge on any atom is 0.416 e. The summed E-state index contributed by atoms with van der Waals surface area (Å²) >= 11 is 16.2. The Labute approximate surface area is 130 Å². The summed E-state index contributed by atoms with van der Waals surface area (Å²) in [7, 11) is 0. The number of thiophene rings is 1. The smallest absolute Gasteiger partial charge is 0.166 e. The topological polar surface area (TPSA) is 0 Å². The zero-order valence-electron chi connectivity index (χ0n) is 9.14. The molecule has 0 aliphatic rings. The van der Waals surface area contributed by atoms with Crippen LogP contribution in [0.3, 0.4) is 0 Å². The Morgan fingerprint density at radius 3 is 2.26 bits per heavy atom. The molecule has 1 aromatic heterocycles. The van der Waals surface area contributed by atoms with Gasteiger partial charge in [-0.05, 0) is 17.7 Å². The molecule has 0 saturated carbocycles. The van der Waals surface area contributed by atoms with E-state index in [9.17, 15) is 13.2 Å². The first kappa shape index (κ1) is 15.2. The van der Waals surface area contributed by atoms with Gasteiger partial charge in [-0.15, -0.1) is 11.3 Å². The van der Waals surface area contributed by atoms with Gasteiger partial charge in [-0.2, -0.15) is 13.2 Å². The second-order valence-corrected chi connectivity index (χ2v) is 6.93. The molecule has 0 nitrogen and oxygen atoms in total. The molecule has 0 aliphatic carbocycles. The molecular weight excluding hydrogens is 384 g/mol. The standard InChI is InChI=1S/C12H6BrCl2F3S/c13-10(7-5-9(14)19-11(7)15)6-3-1-2-4-8(6)12(16,17)18/h1-5,10H. The number of hydrogen-bond acceptors (Lipinski definition) is 1. The van der Waals surface area contributed by atoms with Crippen LogP contribution >= 0.6 is 50.5 Å². The van der Waals surface area contributed by atoms with Gasteiger partial charge in [-0.1, -0.05) is 57.3 Å². The van der Waals surface area contributed by atoms with Gasteiger partial charge in [0, 0.05) is 5.56 Å². The van der Waals surface area contributed by atoms with Crippen LogP contribution in [-0.4, -0.2) is 0 Å². The molecule has 2 aromatic rings. The summed E-state index contributed by atoms with van der Waals surface area (Å²) in [6.07, 6.45) is -4.41. The highest BCUT2D eigenvalue weighted by Crippen LogP contribution is 2.45. The fourth-order valence-electron chi connectivity index (χ4n) is 1.67. The van der Waals surface area contributed by atoms with E-state index in [-0.39, 0.29) is 5.56 Å². The zero-order valence-corrected chi connectivity index (χ0v) is 13.1. The number of hydrogen-bond donors (Lipinski definition) is 0. The number of alkyl halides is 4. The summed E-state index contributed by atoms with van der Waals surface area (Å²) in [6.45, 7) is 0. The third kappa shape index (κ3) is 3.27. The van der Waals surface area contributed by atoms with E-state index in [0.29, 0.717) is 14.2 Å². The lowest BCUT2D eigenvalue weighted by Gasteiger charge is -2.16. The SMILES string of the molecule is FC(F)(F)c1ccccc1C(Br)c1cc(Cl)sc1Cl. The third-order valence-electron chi connectivity index (χ3n) is 2.50. The second kappa shape index (κ2) is 5.64. The summed E-state index contributed by atoms with van der Waals surface area (Å²) in [4.78, 5) is -0.651. The lowest BCUT2D eigenvalue weighted by molar-refractivity contribution is -0.138. The molecule has 0 N–H and O–H groups in total. The van der Waals surface area contributed by atoms with Crippen LogP contribution in [0.15, 0.2) is 30.3 Å². The Kier molecular flexibility index (Phi) is 4.50. The Balaban J connectivity index is 2.50. The molecule has 102 valence electrons. The van der Waals surface area contributed by atoms with E-state index < -0.39 is 16.6 Å². The molecule has 0 aliphatic heterocycles. The van der Waals surface area contributed by atoms with E-state index in [2.05, 4.69) is 15.9 Å². The maximum absolute atomic E-state index is 13.0. The van der Waals surface area contributed by atoms with Crippen LogP contribution < -0.4 is 0 Å². The van der Waals surface area contributed by atoms with Gasteiger partial charge in [0.15, 0.2) is 0 Å². The van der Waals surface area contributed by atoms with Crippen molar-refractivity contribution in [2.45, 2.75) is 11.0 Å². The van der Waals surface area contributed by atoms with Crippen LogP contribution in [0.2, 0.25) is 8.67 Å². The summed E-state index contributed by atoms with van der Waals surface area (Å²) in [5.41, 5.74) is -0.0324. The van der Waals surface area contributed by atoms with Gasteiger partial charge in [0.05, 0.1) is 19.1 Å². The predicted octanol–water partition coefficient (Wildman–Crippen LogP) is 6.56. The predicted molar refractivity (Wildman–Crippen MR) is 76.6 cm³/mol. The maximum atomic E-state index is 13.0. The van der Waals surface area contributed by atoms with Gasteiger partial charge in [-0.3, -0.25) is 0 Å². The van der Waals surface area contributed by atoms with Crippen LogP contribution in [0.4, 0.5) is 13.2 Å². The fraction of sp³-hybridized carbons (Fsp3) is 0.167. The van der Waals surface area contributed by atoms with Crippen molar-refractivity contribution in [3.63, 3.8) is 0 Å². The van der Waals surface area contributed by atoms with Crippen molar-refractivity contribution < 1.29 is 13.2 Å². The van der Waals surface area contributed by atoms with Crippen LogP contribution in [0.1, 0.15) is 21.5 Å². The van der Waals surface area contributed by atoms with Crippen LogP contribution in [0.5, 0.6) is 0 Å². The van der Waals surface area contributed by atoms with E-state index in [0.717, 1.165) is 17.4 Å². The zero-order chi connectivity index (χ0) is 14.2. The highest BCUT2D eigenvalue weighted by Gasteiger charge is 2.35. The monoisotopic (exact) mass is 388 g/mol. The molecule has 0 amide bonds. The molecule has 1 aromatic carbocycles. The quantitative estimate of drug-likeness (QED) is 0.510. The molecular formula is C12H6BrCl2F3S. The Hall–Kier alpha value is -0.230. The van der Waals surface area contributed by atoms with Crippen molar-refractivity contribution >= 4 is 50.5 Å². The van der Waals surface area contributed by atoms with Gasteiger partial charge in [-0.25, -0.2) is 0 Å². The molecule has 1 heterocycles. The van der Waals surface area contributed by atoms with Crippen LogP contribution in [0, 0.1) is 0 Å². The molecule has 0 radical (unpaired) electrons. The Bertz CT molecular complexity index is 595. The molecule has 19 heavy (non-hydrogen) atoms. The van der Waals surface area contributed by atoms with E-state index in [1.807, 2.05) is 0 Å². The molecule has 0 spiro atoms. The first-order valence-electron chi connectivity index (χ1n) is 5.05. The largest absolute Gasteiger partial charge is 0.416 e. The van der Waals surface area contributed by atoms with Crippen LogP contribution in [-0.2, 0) is 6.18 Å². The summed E-state index contributed by atoms with van der Waals surface area (Å²) in [5, 5.41) is 0. The molecule has 0 bridgehead atoms. The normalized spacial score (nSPS) is 13.6. The number of benzene rings is 1. The van der Waals surface area contributed by atoms with E-state index in [1.165, 1.54) is 12.1 Å². The minimum atomic E-state index is -4.41. The molecule has 7 heteroatoms.